The number of carboxylic acid groups (broad SMARTS) is 2. The molecule has 0 aromatic heterocycles. The number of methoxy groups -OCH3 is 6. The van der Waals surface area contributed by atoms with Gasteiger partial charge in [-0.3, -0.25) is 0 Å². The first-order valence-electron chi connectivity index (χ1n) is 8.62. The van der Waals surface area contributed by atoms with Gasteiger partial charge in [0, 0.05) is 32.5 Å². The zero-order valence-electron chi connectivity index (χ0n) is 17.5. The second kappa shape index (κ2) is 9.16. The number of aromatic carboxylic acids is 1. The lowest BCUT2D eigenvalue weighted by Crippen LogP contribution is -2.52. The molecule has 0 bridgehead atoms. The lowest BCUT2D eigenvalue weighted by Gasteiger charge is -2.42. The van der Waals surface area contributed by atoms with Crippen molar-refractivity contribution in [3.63, 3.8) is 0 Å². The Labute approximate surface area is 173 Å². The minimum absolute atomic E-state index is 0.00490. The van der Waals surface area contributed by atoms with E-state index in [1.165, 1.54) is 60.9 Å². The molecular weight excluding hydrogens is 400 g/mol. The Hall–Kier alpha value is -3.08. The van der Waals surface area contributed by atoms with Crippen molar-refractivity contribution in [2.45, 2.75) is 11.9 Å². The van der Waals surface area contributed by atoms with Gasteiger partial charge in [-0.25, -0.2) is 9.59 Å². The summed E-state index contributed by atoms with van der Waals surface area (Å²) in [7, 11) is 8.01. The molecule has 0 unspecified atom stereocenters. The van der Waals surface area contributed by atoms with E-state index < -0.39 is 23.8 Å². The van der Waals surface area contributed by atoms with E-state index in [0.29, 0.717) is 0 Å². The van der Waals surface area contributed by atoms with E-state index in [0.717, 1.165) is 0 Å². The SMILES string of the molecule is COC1=CC(C(=O)O)=C(c2cc(OC)c(OC)cc2C(=O)O)C(OC)(OC)[C@H]1OC. The second-order valence-electron chi connectivity index (χ2n) is 6.09. The van der Waals surface area contributed by atoms with E-state index in [1.54, 1.807) is 0 Å². The van der Waals surface area contributed by atoms with E-state index in [4.69, 9.17) is 28.4 Å². The van der Waals surface area contributed by atoms with Gasteiger partial charge in [0.25, 0.3) is 0 Å². The largest absolute Gasteiger partial charge is 0.498 e. The van der Waals surface area contributed by atoms with Crippen LogP contribution in [0.3, 0.4) is 0 Å². The van der Waals surface area contributed by atoms with Crippen LogP contribution in [-0.4, -0.2) is 76.7 Å². The van der Waals surface area contributed by atoms with E-state index in [2.05, 4.69) is 0 Å². The molecule has 0 heterocycles. The van der Waals surface area contributed by atoms with E-state index in [-0.39, 0.29) is 39.5 Å². The van der Waals surface area contributed by atoms with Gasteiger partial charge >= 0.3 is 11.9 Å². The number of ether oxygens (including phenoxy) is 6. The minimum Gasteiger partial charge on any atom is -0.498 e. The van der Waals surface area contributed by atoms with Crippen LogP contribution < -0.4 is 9.47 Å². The van der Waals surface area contributed by atoms with Crippen molar-refractivity contribution in [3.8, 4) is 11.5 Å². The molecular formula is C20H24O10. The Kier molecular flexibility index (Phi) is 7.08. The number of carboxylic acids is 2. The molecule has 0 saturated carbocycles. The van der Waals surface area contributed by atoms with E-state index >= 15 is 0 Å². The molecule has 2 rings (SSSR count). The lowest BCUT2D eigenvalue weighted by atomic mass is 9.81. The summed E-state index contributed by atoms with van der Waals surface area (Å²) in [5, 5.41) is 19.7. The highest BCUT2D eigenvalue weighted by Gasteiger charge is 2.52. The molecule has 0 aliphatic heterocycles. The summed E-state index contributed by atoms with van der Waals surface area (Å²) in [6.45, 7) is 0. The molecule has 1 atom stereocenters. The molecule has 10 nitrogen and oxygen atoms in total. The standard InChI is InChI=1S/C20H24O10/c1-25-13-7-10(11(18(21)22)8-14(13)26-2)16-12(19(23)24)9-15(27-3)17(28-4)20(16,29-5)30-6/h7-9,17H,1-6H3,(H,21,22)(H,23,24)/t17-/m0/s1. The van der Waals surface area contributed by atoms with Crippen molar-refractivity contribution >= 4 is 17.5 Å². The summed E-state index contributed by atoms with van der Waals surface area (Å²) < 4.78 is 32.5. The fraction of sp³-hybridized carbons (Fsp3) is 0.400. The van der Waals surface area contributed by atoms with Gasteiger partial charge in [-0.15, -0.1) is 0 Å². The summed E-state index contributed by atoms with van der Waals surface area (Å²) in [5.74, 6) is -4.04. The van der Waals surface area contributed by atoms with Crippen LogP contribution in [0.15, 0.2) is 29.5 Å². The van der Waals surface area contributed by atoms with Gasteiger partial charge in [-0.05, 0) is 18.2 Å². The maximum absolute atomic E-state index is 12.2. The van der Waals surface area contributed by atoms with Gasteiger partial charge in [-0.1, -0.05) is 0 Å². The van der Waals surface area contributed by atoms with Gasteiger partial charge < -0.3 is 38.6 Å². The maximum atomic E-state index is 12.2. The maximum Gasteiger partial charge on any atom is 0.336 e. The molecule has 0 radical (unpaired) electrons. The summed E-state index contributed by atoms with van der Waals surface area (Å²) in [6.07, 6.45) is 0.204. The minimum atomic E-state index is -1.84. The molecule has 30 heavy (non-hydrogen) atoms. The van der Waals surface area contributed by atoms with Crippen LogP contribution in [0.5, 0.6) is 11.5 Å². The molecule has 1 aromatic carbocycles. The van der Waals surface area contributed by atoms with Crippen LogP contribution in [0.2, 0.25) is 0 Å². The molecule has 2 N–H and O–H groups in total. The Bertz CT molecular complexity index is 895. The van der Waals surface area contributed by atoms with Gasteiger partial charge in [0.2, 0.25) is 5.79 Å². The Morgan fingerprint density at radius 1 is 0.867 bits per heavy atom. The quantitative estimate of drug-likeness (QED) is 0.566. The normalized spacial score (nSPS) is 17.9. The van der Waals surface area contributed by atoms with Crippen molar-refractivity contribution in [1.82, 2.24) is 0 Å². The molecule has 0 amide bonds. The molecule has 1 aromatic rings. The molecule has 10 heteroatoms. The van der Waals surface area contributed by atoms with Gasteiger partial charge in [-0.2, -0.15) is 0 Å². The first-order chi connectivity index (χ1) is 14.3. The molecule has 1 aliphatic carbocycles. The third kappa shape index (κ3) is 3.60. The van der Waals surface area contributed by atoms with Crippen LogP contribution in [0.25, 0.3) is 5.57 Å². The number of carbonyl (C=O) groups is 2. The lowest BCUT2D eigenvalue weighted by molar-refractivity contribution is -0.224. The average molecular weight is 424 g/mol. The van der Waals surface area contributed by atoms with Crippen molar-refractivity contribution in [1.29, 1.82) is 0 Å². The number of rotatable bonds is 9. The van der Waals surface area contributed by atoms with Crippen molar-refractivity contribution in [2.24, 2.45) is 0 Å². The van der Waals surface area contributed by atoms with Crippen LogP contribution in [0, 0.1) is 0 Å². The third-order valence-electron chi connectivity index (χ3n) is 4.84. The molecule has 1 aliphatic rings. The van der Waals surface area contributed by atoms with Crippen LogP contribution >= 0.6 is 0 Å². The van der Waals surface area contributed by atoms with Crippen molar-refractivity contribution in [2.75, 3.05) is 42.7 Å². The highest BCUT2D eigenvalue weighted by Crippen LogP contribution is 2.47. The smallest absolute Gasteiger partial charge is 0.336 e. The van der Waals surface area contributed by atoms with E-state index in [9.17, 15) is 19.8 Å². The first kappa shape index (κ1) is 23.2. The first-order valence-corrected chi connectivity index (χ1v) is 8.62. The fourth-order valence-corrected chi connectivity index (χ4v) is 3.50. The zero-order chi connectivity index (χ0) is 22.6. The predicted octanol–water partition coefficient (Wildman–Crippen LogP) is 1.79. The van der Waals surface area contributed by atoms with Crippen molar-refractivity contribution < 1.29 is 48.2 Å². The Balaban J connectivity index is 3.07. The fourth-order valence-electron chi connectivity index (χ4n) is 3.50. The van der Waals surface area contributed by atoms with Crippen LogP contribution in [-0.2, 0) is 23.7 Å². The van der Waals surface area contributed by atoms with Crippen molar-refractivity contribution in [3.05, 3.63) is 40.7 Å². The molecule has 0 fully saturated rings. The Morgan fingerprint density at radius 2 is 1.43 bits per heavy atom. The molecule has 164 valence electrons. The number of hydrogen-bond donors (Lipinski definition) is 2. The topological polar surface area (TPSA) is 130 Å². The van der Waals surface area contributed by atoms with Gasteiger partial charge in [0.1, 0.15) is 5.76 Å². The Morgan fingerprint density at radius 3 is 1.83 bits per heavy atom. The number of aliphatic carboxylic acids is 1. The summed E-state index contributed by atoms with van der Waals surface area (Å²) in [4.78, 5) is 24.2. The predicted molar refractivity (Wildman–Crippen MR) is 104 cm³/mol. The summed E-state index contributed by atoms with van der Waals surface area (Å²) >= 11 is 0. The highest BCUT2D eigenvalue weighted by atomic mass is 16.7. The second-order valence-corrected chi connectivity index (χ2v) is 6.09. The monoisotopic (exact) mass is 424 g/mol. The number of hydrogen-bond acceptors (Lipinski definition) is 8. The zero-order valence-corrected chi connectivity index (χ0v) is 17.5. The molecule has 0 saturated heterocycles. The summed E-state index contributed by atoms with van der Waals surface area (Å²) in [6, 6.07) is 2.59. The average Bonchev–Trinajstić information content (AvgIpc) is 2.75. The van der Waals surface area contributed by atoms with Gasteiger partial charge in [0.05, 0.1) is 32.5 Å². The summed E-state index contributed by atoms with van der Waals surface area (Å²) in [5.41, 5.74) is -0.622. The van der Waals surface area contributed by atoms with Crippen LogP contribution in [0.1, 0.15) is 15.9 Å². The van der Waals surface area contributed by atoms with E-state index in [1.807, 2.05) is 0 Å². The molecule has 0 spiro atoms. The highest BCUT2D eigenvalue weighted by molar-refractivity contribution is 6.06. The third-order valence-corrected chi connectivity index (χ3v) is 4.84. The van der Waals surface area contributed by atoms with Crippen LogP contribution in [0.4, 0.5) is 0 Å². The number of benzene rings is 1. The van der Waals surface area contributed by atoms with Gasteiger partial charge in [0.15, 0.2) is 17.6 Å².